The van der Waals surface area contributed by atoms with Gasteiger partial charge in [0, 0.05) is 12.0 Å². The van der Waals surface area contributed by atoms with Crippen LogP contribution in [0.4, 0.5) is 0 Å². The van der Waals surface area contributed by atoms with E-state index in [-0.39, 0.29) is 30.8 Å². The van der Waals surface area contributed by atoms with Crippen LogP contribution in [0.5, 0.6) is 11.5 Å². The Morgan fingerprint density at radius 2 is 1.84 bits per heavy atom. The summed E-state index contributed by atoms with van der Waals surface area (Å²) < 4.78 is 15.8. The molecule has 144 valence electrons. The molecule has 0 saturated heterocycles. The average Bonchev–Trinajstić information content (AvgIpc) is 2.74. The van der Waals surface area contributed by atoms with E-state index in [1.807, 2.05) is 26.0 Å². The maximum absolute atomic E-state index is 5.79. The summed E-state index contributed by atoms with van der Waals surface area (Å²) in [5.74, 6) is 1.36. The molecule has 0 bridgehead atoms. The molecule has 0 saturated carbocycles. The normalized spacial score (nSPS) is 12.8. The number of unbranched alkanes of at least 4 members (excludes halogenated alkanes) is 1. The summed E-state index contributed by atoms with van der Waals surface area (Å²) in [5, 5.41) is 0.162. The van der Waals surface area contributed by atoms with Gasteiger partial charge in [-0.15, -0.1) is 0 Å². The Hall–Kier alpha value is -1.60. The maximum atomic E-state index is 5.79. The molecule has 0 unspecified atom stereocenters. The second kappa shape index (κ2) is 11.9. The van der Waals surface area contributed by atoms with E-state index in [0.717, 1.165) is 30.6 Å². The number of hydrogen-bond acceptors (Lipinski definition) is 5. The molecule has 0 fully saturated rings. The van der Waals surface area contributed by atoms with Crippen LogP contribution < -0.4 is 20.9 Å². The largest absolute Gasteiger partial charge is 0.483 e. The molecule has 0 aromatic heterocycles. The third-order valence-electron chi connectivity index (χ3n) is 3.01. The van der Waals surface area contributed by atoms with Crippen molar-refractivity contribution in [3.8, 4) is 11.5 Å². The Labute approximate surface area is 163 Å². The number of thiocarbonyl (C=S) groups is 2. The Balaban J connectivity index is 0. The maximum Gasteiger partial charge on any atom is 0.259 e. The molecule has 25 heavy (non-hydrogen) atoms. The molecule has 0 radical (unpaired) electrons. The Morgan fingerprint density at radius 3 is 2.36 bits per heavy atom. The molecule has 1 aromatic rings. The van der Waals surface area contributed by atoms with Crippen LogP contribution in [0.15, 0.2) is 18.2 Å². The minimum absolute atomic E-state index is 0. The van der Waals surface area contributed by atoms with Crippen LogP contribution in [0.2, 0.25) is 0 Å². The van der Waals surface area contributed by atoms with E-state index in [0.29, 0.717) is 12.4 Å². The minimum Gasteiger partial charge on any atom is -0.483 e. The summed E-state index contributed by atoms with van der Waals surface area (Å²) in [6.45, 7) is 6.82. The Morgan fingerprint density at radius 1 is 1.20 bits per heavy atom. The topological polar surface area (TPSA) is 79.7 Å². The van der Waals surface area contributed by atoms with E-state index < -0.39 is 0 Å². The first-order valence-corrected chi connectivity index (χ1v) is 8.27. The van der Waals surface area contributed by atoms with Crippen molar-refractivity contribution in [2.24, 2.45) is 11.5 Å². The smallest absolute Gasteiger partial charge is 0.259 e. The molecular formula is C18H32N2O3S2. The third kappa shape index (κ3) is 9.45. The molecule has 2 rings (SSSR count). The minimum atomic E-state index is -0.183. The van der Waals surface area contributed by atoms with Gasteiger partial charge in [-0.1, -0.05) is 40.3 Å². The highest BCUT2D eigenvalue weighted by atomic mass is 32.1. The predicted molar refractivity (Wildman–Crippen MR) is 113 cm³/mol. The van der Waals surface area contributed by atoms with Crippen LogP contribution in [0.3, 0.4) is 0 Å². The van der Waals surface area contributed by atoms with E-state index in [1.54, 1.807) is 6.07 Å². The van der Waals surface area contributed by atoms with Crippen LogP contribution in [-0.4, -0.2) is 22.6 Å². The van der Waals surface area contributed by atoms with Gasteiger partial charge in [-0.25, -0.2) is 0 Å². The van der Waals surface area contributed by atoms with Crippen LogP contribution in [0.25, 0.3) is 0 Å². The molecule has 1 aromatic carbocycles. The van der Waals surface area contributed by atoms with Gasteiger partial charge in [-0.05, 0) is 50.8 Å². The molecule has 4 N–H and O–H groups in total. The number of nitrogens with two attached hydrogens (primary N) is 2. The van der Waals surface area contributed by atoms with Gasteiger partial charge in [0.2, 0.25) is 0 Å². The van der Waals surface area contributed by atoms with E-state index in [4.69, 9.17) is 37.9 Å². The standard InChI is InChI=1S/C11H13NO2S.C5H11NOS.2CH4/c1-11(2)6-7-4-3-5-8(9(7)14-11)13-10(12)15;1-2-3-4-7-5(6)8;;/h3-5H,6H2,1-2H3,(H2,12,15);2-4H2,1H3,(H2,6,8);2*1H4. The first-order chi connectivity index (χ1) is 10.7. The summed E-state index contributed by atoms with van der Waals surface area (Å²) in [4.78, 5) is 0. The summed E-state index contributed by atoms with van der Waals surface area (Å²) in [5.41, 5.74) is 11.3. The van der Waals surface area contributed by atoms with Crippen LogP contribution in [-0.2, 0) is 11.2 Å². The molecular weight excluding hydrogens is 356 g/mol. The number of hydrogen-bond donors (Lipinski definition) is 2. The van der Waals surface area contributed by atoms with Crippen molar-refractivity contribution in [1.29, 1.82) is 0 Å². The van der Waals surface area contributed by atoms with Gasteiger partial charge in [0.25, 0.3) is 10.3 Å². The van der Waals surface area contributed by atoms with Gasteiger partial charge in [-0.2, -0.15) is 0 Å². The fourth-order valence-corrected chi connectivity index (χ4v) is 2.27. The van der Waals surface area contributed by atoms with E-state index in [1.165, 1.54) is 0 Å². The molecule has 5 nitrogen and oxygen atoms in total. The highest BCUT2D eigenvalue weighted by Crippen LogP contribution is 2.41. The lowest BCUT2D eigenvalue weighted by molar-refractivity contribution is 0.135. The van der Waals surface area contributed by atoms with Gasteiger partial charge >= 0.3 is 0 Å². The molecule has 0 amide bonds. The zero-order valence-corrected chi connectivity index (χ0v) is 15.4. The number of rotatable bonds is 4. The second-order valence-electron chi connectivity index (χ2n) is 5.73. The SMILES string of the molecule is C.C.CC1(C)Cc2cccc(OC(N)=S)c2O1.CCCCOC(N)=S. The number of benzene rings is 1. The zero-order chi connectivity index (χ0) is 17.5. The van der Waals surface area contributed by atoms with Crippen LogP contribution >= 0.6 is 24.4 Å². The van der Waals surface area contributed by atoms with E-state index in [9.17, 15) is 0 Å². The molecule has 1 aliphatic heterocycles. The average molecular weight is 389 g/mol. The van der Waals surface area contributed by atoms with Crippen molar-refractivity contribution in [3.63, 3.8) is 0 Å². The third-order valence-corrected chi connectivity index (χ3v) is 3.21. The number of fused-ring (bicyclic) bond motifs is 1. The summed E-state index contributed by atoms with van der Waals surface area (Å²) in [6, 6.07) is 5.74. The van der Waals surface area contributed by atoms with Crippen molar-refractivity contribution in [3.05, 3.63) is 23.8 Å². The van der Waals surface area contributed by atoms with Crippen molar-refractivity contribution in [2.75, 3.05) is 6.61 Å². The summed E-state index contributed by atoms with van der Waals surface area (Å²) in [7, 11) is 0. The molecule has 0 spiro atoms. The summed E-state index contributed by atoms with van der Waals surface area (Å²) >= 11 is 9.17. The van der Waals surface area contributed by atoms with Gasteiger partial charge < -0.3 is 25.7 Å². The van der Waals surface area contributed by atoms with Gasteiger partial charge in [0.1, 0.15) is 5.60 Å². The molecule has 7 heteroatoms. The lowest BCUT2D eigenvalue weighted by atomic mass is 10.0. The first-order valence-electron chi connectivity index (χ1n) is 7.45. The van der Waals surface area contributed by atoms with E-state index >= 15 is 0 Å². The highest BCUT2D eigenvalue weighted by Gasteiger charge is 2.32. The molecule has 1 heterocycles. The lowest BCUT2D eigenvalue weighted by Gasteiger charge is -2.17. The predicted octanol–water partition coefficient (Wildman–Crippen LogP) is 4.34. The van der Waals surface area contributed by atoms with Crippen LogP contribution in [0.1, 0.15) is 54.0 Å². The van der Waals surface area contributed by atoms with Crippen molar-refractivity contribution >= 4 is 34.8 Å². The lowest BCUT2D eigenvalue weighted by Crippen LogP contribution is -2.25. The van der Waals surface area contributed by atoms with E-state index in [2.05, 4.69) is 19.1 Å². The van der Waals surface area contributed by atoms with Gasteiger partial charge in [0.15, 0.2) is 11.5 Å². The summed E-state index contributed by atoms with van der Waals surface area (Å²) in [6.07, 6.45) is 3.01. The van der Waals surface area contributed by atoms with Crippen molar-refractivity contribution in [1.82, 2.24) is 0 Å². The first kappa shape index (κ1) is 25.6. The quantitative estimate of drug-likeness (QED) is 0.586. The molecule has 0 atom stereocenters. The molecule has 0 aliphatic carbocycles. The molecule has 1 aliphatic rings. The van der Waals surface area contributed by atoms with Crippen molar-refractivity contribution in [2.45, 2.75) is 60.5 Å². The fourth-order valence-electron chi connectivity index (χ4n) is 2.09. The Kier molecular flexibility index (Phi) is 12.2. The van der Waals surface area contributed by atoms with Gasteiger partial charge in [-0.3, -0.25) is 0 Å². The second-order valence-corrected chi connectivity index (χ2v) is 6.53. The monoisotopic (exact) mass is 388 g/mol. The number of para-hydroxylation sites is 1. The fraction of sp³-hybridized carbons (Fsp3) is 0.556. The van der Waals surface area contributed by atoms with Crippen molar-refractivity contribution < 1.29 is 14.2 Å². The van der Waals surface area contributed by atoms with Gasteiger partial charge in [0.05, 0.1) is 6.61 Å². The zero-order valence-electron chi connectivity index (χ0n) is 13.8. The highest BCUT2D eigenvalue weighted by molar-refractivity contribution is 7.80. The van der Waals surface area contributed by atoms with Crippen LogP contribution in [0, 0.1) is 0 Å². The Bertz CT molecular complexity index is 563. The number of ether oxygens (including phenoxy) is 3.